The van der Waals surface area contributed by atoms with E-state index >= 15 is 0 Å². The van der Waals surface area contributed by atoms with Gasteiger partial charge in [-0.1, -0.05) is 26.0 Å². The molecule has 5 nitrogen and oxygen atoms in total. The zero-order valence-electron chi connectivity index (χ0n) is 14.3. The average molecular weight is 364 g/mol. The standard InChI is InChI=1S/C18H21FN2O3S/c1-11(2)16(12-4-6-13(19)7-5-12)20-10-15(22)21-14-8-9-25-17(14)18(23)24-3/h4-9,11,16,20H,10H2,1-3H3,(H,21,22). The zero-order chi connectivity index (χ0) is 18.4. The molecule has 25 heavy (non-hydrogen) atoms. The van der Waals surface area contributed by atoms with Gasteiger partial charge in [-0.25, -0.2) is 9.18 Å². The van der Waals surface area contributed by atoms with E-state index in [9.17, 15) is 14.0 Å². The van der Waals surface area contributed by atoms with Crippen LogP contribution >= 0.6 is 11.3 Å². The number of esters is 1. The van der Waals surface area contributed by atoms with Crippen molar-refractivity contribution in [2.24, 2.45) is 5.92 Å². The van der Waals surface area contributed by atoms with E-state index < -0.39 is 5.97 Å². The molecule has 0 aliphatic rings. The Labute approximate surface area is 150 Å². The molecule has 0 fully saturated rings. The van der Waals surface area contributed by atoms with E-state index in [0.29, 0.717) is 10.6 Å². The predicted molar refractivity (Wildman–Crippen MR) is 96.3 cm³/mol. The highest BCUT2D eigenvalue weighted by Gasteiger charge is 2.19. The molecule has 0 radical (unpaired) electrons. The number of hydrogen-bond acceptors (Lipinski definition) is 5. The minimum absolute atomic E-state index is 0.0662. The molecule has 0 spiro atoms. The lowest BCUT2D eigenvalue weighted by molar-refractivity contribution is -0.115. The molecule has 1 heterocycles. The van der Waals surface area contributed by atoms with Gasteiger partial charge < -0.3 is 15.4 Å². The Bertz CT molecular complexity index is 728. The van der Waals surface area contributed by atoms with Crippen molar-refractivity contribution >= 4 is 28.9 Å². The van der Waals surface area contributed by atoms with Crippen molar-refractivity contribution in [2.75, 3.05) is 19.0 Å². The number of anilines is 1. The first-order chi connectivity index (χ1) is 11.9. The Kier molecular flexibility index (Phi) is 6.66. The third-order valence-electron chi connectivity index (χ3n) is 3.69. The number of halogens is 1. The van der Waals surface area contributed by atoms with E-state index in [1.54, 1.807) is 23.6 Å². The number of thiophene rings is 1. The number of methoxy groups -OCH3 is 1. The molecular formula is C18H21FN2O3S. The van der Waals surface area contributed by atoms with Crippen LogP contribution in [0.1, 0.15) is 35.1 Å². The van der Waals surface area contributed by atoms with Gasteiger partial charge in [0, 0.05) is 6.04 Å². The molecule has 0 aliphatic carbocycles. The number of carbonyl (C=O) groups excluding carboxylic acids is 2. The van der Waals surface area contributed by atoms with Crippen molar-refractivity contribution in [3.63, 3.8) is 0 Å². The Balaban J connectivity index is 1.99. The maximum Gasteiger partial charge on any atom is 0.350 e. The number of rotatable bonds is 7. The molecule has 134 valence electrons. The second-order valence-corrected chi connectivity index (χ2v) is 6.77. The molecule has 2 rings (SSSR count). The van der Waals surface area contributed by atoms with Crippen LogP contribution < -0.4 is 10.6 Å². The fourth-order valence-electron chi connectivity index (χ4n) is 2.46. The molecule has 1 aromatic carbocycles. The monoisotopic (exact) mass is 364 g/mol. The summed E-state index contributed by atoms with van der Waals surface area (Å²) in [6.07, 6.45) is 0. The Hall–Kier alpha value is -2.25. The topological polar surface area (TPSA) is 67.4 Å². The van der Waals surface area contributed by atoms with Crippen LogP contribution in [0.15, 0.2) is 35.7 Å². The molecule has 2 aromatic rings. The molecule has 1 amide bonds. The van der Waals surface area contributed by atoms with Crippen LogP contribution in [-0.4, -0.2) is 25.5 Å². The van der Waals surface area contributed by atoms with Gasteiger partial charge in [-0.3, -0.25) is 4.79 Å². The summed E-state index contributed by atoms with van der Waals surface area (Å²) >= 11 is 1.21. The van der Waals surface area contributed by atoms with Gasteiger partial charge in [0.25, 0.3) is 0 Å². The van der Waals surface area contributed by atoms with Crippen molar-refractivity contribution in [2.45, 2.75) is 19.9 Å². The van der Waals surface area contributed by atoms with E-state index in [1.807, 2.05) is 13.8 Å². The molecule has 7 heteroatoms. The summed E-state index contributed by atoms with van der Waals surface area (Å²) in [6, 6.07) is 7.79. The second kappa shape index (κ2) is 8.73. The Morgan fingerprint density at radius 2 is 1.88 bits per heavy atom. The summed E-state index contributed by atoms with van der Waals surface area (Å²) in [5, 5.41) is 7.60. The predicted octanol–water partition coefficient (Wildman–Crippen LogP) is 3.60. The smallest absolute Gasteiger partial charge is 0.350 e. The van der Waals surface area contributed by atoms with Gasteiger partial charge >= 0.3 is 5.97 Å². The molecule has 1 atom stereocenters. The van der Waals surface area contributed by atoms with Crippen molar-refractivity contribution < 1.29 is 18.7 Å². The van der Waals surface area contributed by atoms with Crippen molar-refractivity contribution in [1.29, 1.82) is 0 Å². The number of carbonyl (C=O) groups is 2. The molecule has 0 aliphatic heterocycles. The Morgan fingerprint density at radius 1 is 1.20 bits per heavy atom. The highest BCUT2D eigenvalue weighted by Crippen LogP contribution is 2.24. The van der Waals surface area contributed by atoms with E-state index in [4.69, 9.17) is 0 Å². The summed E-state index contributed by atoms with van der Waals surface area (Å²) in [4.78, 5) is 24.2. The van der Waals surface area contributed by atoms with Crippen molar-refractivity contribution in [1.82, 2.24) is 5.32 Å². The molecule has 0 bridgehead atoms. The third kappa shape index (κ3) is 5.11. The molecule has 2 N–H and O–H groups in total. The van der Waals surface area contributed by atoms with E-state index in [-0.39, 0.29) is 30.2 Å². The van der Waals surface area contributed by atoms with Gasteiger partial charge in [-0.2, -0.15) is 0 Å². The molecule has 1 unspecified atom stereocenters. The minimum Gasteiger partial charge on any atom is -0.465 e. The summed E-state index contributed by atoms with van der Waals surface area (Å²) in [6.45, 7) is 4.11. The van der Waals surface area contributed by atoms with Crippen LogP contribution in [0, 0.1) is 11.7 Å². The van der Waals surface area contributed by atoms with Crippen molar-refractivity contribution in [3.8, 4) is 0 Å². The van der Waals surface area contributed by atoms with Gasteiger partial charge in [-0.15, -0.1) is 11.3 Å². The maximum atomic E-state index is 13.1. The van der Waals surface area contributed by atoms with Gasteiger partial charge in [0.05, 0.1) is 19.3 Å². The third-order valence-corrected chi connectivity index (χ3v) is 4.58. The Morgan fingerprint density at radius 3 is 2.48 bits per heavy atom. The number of hydrogen-bond donors (Lipinski definition) is 2. The normalized spacial score (nSPS) is 12.0. The molecular weight excluding hydrogens is 343 g/mol. The summed E-state index contributed by atoms with van der Waals surface area (Å²) in [7, 11) is 1.30. The van der Waals surface area contributed by atoms with E-state index in [0.717, 1.165) is 5.56 Å². The molecule has 0 saturated heterocycles. The quantitative estimate of drug-likeness (QED) is 0.737. The fourth-order valence-corrected chi connectivity index (χ4v) is 3.23. The molecule has 1 aromatic heterocycles. The second-order valence-electron chi connectivity index (χ2n) is 5.86. The number of amides is 1. The van der Waals surface area contributed by atoms with Crippen molar-refractivity contribution in [3.05, 3.63) is 52.0 Å². The highest BCUT2D eigenvalue weighted by atomic mass is 32.1. The van der Waals surface area contributed by atoms with E-state index in [2.05, 4.69) is 15.4 Å². The lowest BCUT2D eigenvalue weighted by Gasteiger charge is -2.22. The summed E-state index contributed by atoms with van der Waals surface area (Å²) in [5.74, 6) is -0.831. The maximum absolute atomic E-state index is 13.1. The lowest BCUT2D eigenvalue weighted by Crippen LogP contribution is -2.33. The number of nitrogens with one attached hydrogen (secondary N) is 2. The zero-order valence-corrected chi connectivity index (χ0v) is 15.2. The average Bonchev–Trinajstić information content (AvgIpc) is 3.03. The highest BCUT2D eigenvalue weighted by molar-refractivity contribution is 7.12. The van der Waals surface area contributed by atoms with Crippen LogP contribution in [0.2, 0.25) is 0 Å². The first-order valence-corrected chi connectivity index (χ1v) is 8.74. The van der Waals surface area contributed by atoms with Crippen LogP contribution in [0.25, 0.3) is 0 Å². The van der Waals surface area contributed by atoms with Crippen LogP contribution in [0.5, 0.6) is 0 Å². The summed E-state index contributed by atoms with van der Waals surface area (Å²) in [5.41, 5.74) is 1.35. The summed E-state index contributed by atoms with van der Waals surface area (Å²) < 4.78 is 17.8. The first kappa shape index (κ1) is 19.1. The van der Waals surface area contributed by atoms with Gasteiger partial charge in [-0.05, 0) is 35.1 Å². The van der Waals surface area contributed by atoms with Crippen LogP contribution in [0.3, 0.4) is 0 Å². The van der Waals surface area contributed by atoms with Gasteiger partial charge in [0.2, 0.25) is 5.91 Å². The number of benzene rings is 1. The van der Waals surface area contributed by atoms with E-state index in [1.165, 1.54) is 30.6 Å². The van der Waals surface area contributed by atoms with Crippen LogP contribution in [-0.2, 0) is 9.53 Å². The van der Waals surface area contributed by atoms with Gasteiger partial charge in [0.15, 0.2) is 0 Å². The number of ether oxygens (including phenoxy) is 1. The van der Waals surface area contributed by atoms with Crippen LogP contribution in [0.4, 0.5) is 10.1 Å². The minimum atomic E-state index is -0.482. The fraction of sp³-hybridized carbons (Fsp3) is 0.333. The SMILES string of the molecule is COC(=O)c1sccc1NC(=O)CNC(c1ccc(F)cc1)C(C)C. The molecule has 0 saturated carbocycles. The largest absolute Gasteiger partial charge is 0.465 e. The lowest BCUT2D eigenvalue weighted by atomic mass is 9.96. The van der Waals surface area contributed by atoms with Gasteiger partial charge in [0.1, 0.15) is 10.7 Å². The first-order valence-electron chi connectivity index (χ1n) is 7.87.